The molecule has 0 aliphatic heterocycles. The Hall–Kier alpha value is -2.02. The molecule has 0 fully saturated rings. The van der Waals surface area contributed by atoms with Crippen LogP contribution in [0.25, 0.3) is 11.0 Å². The summed E-state index contributed by atoms with van der Waals surface area (Å²) in [7, 11) is -3.79. The second-order valence-electron chi connectivity index (χ2n) is 5.01. The molecule has 0 aliphatic rings. The summed E-state index contributed by atoms with van der Waals surface area (Å²) in [6.07, 6.45) is 5.97. The molecule has 1 aromatic carbocycles. The molecular formula is C15H18N4O3S2. The molecule has 0 bridgehead atoms. The van der Waals surface area contributed by atoms with Crippen LogP contribution in [-0.2, 0) is 21.4 Å². The number of terminal acetylenes is 1. The highest BCUT2D eigenvalue weighted by atomic mass is 32.2. The Labute approximate surface area is 145 Å². The van der Waals surface area contributed by atoms with Crippen molar-refractivity contribution in [2.45, 2.75) is 29.9 Å². The van der Waals surface area contributed by atoms with Gasteiger partial charge in [0.2, 0.25) is 15.9 Å². The molecule has 0 unspecified atom stereocenters. The van der Waals surface area contributed by atoms with Gasteiger partial charge in [0, 0.05) is 6.54 Å². The summed E-state index contributed by atoms with van der Waals surface area (Å²) < 4.78 is 24.9. The van der Waals surface area contributed by atoms with E-state index in [1.807, 2.05) is 11.5 Å². The van der Waals surface area contributed by atoms with Crippen LogP contribution in [0.4, 0.5) is 0 Å². The van der Waals surface area contributed by atoms with E-state index in [0.717, 1.165) is 11.9 Å². The number of aryl methyl sites for hydroxylation is 1. The fourth-order valence-corrected chi connectivity index (χ4v) is 3.55. The second-order valence-corrected chi connectivity index (χ2v) is 7.51. The lowest BCUT2D eigenvalue weighted by Gasteiger charge is -2.07. The molecule has 1 aromatic heterocycles. The zero-order chi connectivity index (χ0) is 17.7. The predicted octanol–water partition coefficient (Wildman–Crippen LogP) is 0.935. The molecule has 0 saturated carbocycles. The van der Waals surface area contributed by atoms with Crippen molar-refractivity contribution in [2.24, 2.45) is 5.14 Å². The number of imidazole rings is 1. The van der Waals surface area contributed by atoms with Crippen molar-refractivity contribution in [3.8, 4) is 12.3 Å². The lowest BCUT2D eigenvalue weighted by molar-refractivity contribution is -0.118. The largest absolute Gasteiger partial charge is 0.344 e. The van der Waals surface area contributed by atoms with Crippen molar-refractivity contribution in [1.82, 2.24) is 14.9 Å². The van der Waals surface area contributed by atoms with Crippen LogP contribution in [-0.4, -0.2) is 36.2 Å². The molecule has 0 atom stereocenters. The third-order valence-corrected chi connectivity index (χ3v) is 5.07. The van der Waals surface area contributed by atoms with Crippen molar-refractivity contribution in [3.63, 3.8) is 0 Å². The number of nitrogens with two attached hydrogens (primary N) is 1. The molecule has 0 aliphatic carbocycles. The monoisotopic (exact) mass is 366 g/mol. The van der Waals surface area contributed by atoms with Gasteiger partial charge in [-0.15, -0.1) is 6.42 Å². The van der Waals surface area contributed by atoms with Gasteiger partial charge in [-0.2, -0.15) is 0 Å². The van der Waals surface area contributed by atoms with Crippen molar-refractivity contribution < 1.29 is 13.2 Å². The molecule has 9 heteroatoms. The van der Waals surface area contributed by atoms with Crippen molar-refractivity contribution in [1.29, 1.82) is 0 Å². The Kier molecular flexibility index (Phi) is 5.88. The third kappa shape index (κ3) is 4.29. The number of nitrogens with one attached hydrogen (secondary N) is 1. The van der Waals surface area contributed by atoms with Gasteiger partial charge < -0.3 is 9.88 Å². The number of primary sulfonamides is 1. The van der Waals surface area contributed by atoms with Gasteiger partial charge in [0.05, 0.1) is 28.2 Å². The lowest BCUT2D eigenvalue weighted by atomic mass is 10.3. The number of hydrogen-bond donors (Lipinski definition) is 2. The van der Waals surface area contributed by atoms with Crippen LogP contribution in [0.3, 0.4) is 0 Å². The summed E-state index contributed by atoms with van der Waals surface area (Å²) in [4.78, 5) is 16.1. The SMILES string of the molecule is C#CCNC(=O)CSc1nc2cc(S(N)(=O)=O)ccc2n1CCC. The van der Waals surface area contributed by atoms with Gasteiger partial charge in [0.25, 0.3) is 0 Å². The molecule has 0 radical (unpaired) electrons. The molecule has 24 heavy (non-hydrogen) atoms. The third-order valence-electron chi connectivity index (χ3n) is 3.18. The number of thioether (sulfide) groups is 1. The summed E-state index contributed by atoms with van der Waals surface area (Å²) in [5.74, 6) is 2.33. The van der Waals surface area contributed by atoms with E-state index in [9.17, 15) is 13.2 Å². The van der Waals surface area contributed by atoms with Gasteiger partial charge >= 0.3 is 0 Å². The number of rotatable bonds is 7. The predicted molar refractivity (Wildman–Crippen MR) is 94.0 cm³/mol. The zero-order valence-electron chi connectivity index (χ0n) is 13.2. The molecule has 2 aromatic rings. The molecule has 1 amide bonds. The summed E-state index contributed by atoms with van der Waals surface area (Å²) in [5, 5.41) is 8.40. The maximum absolute atomic E-state index is 11.7. The smallest absolute Gasteiger partial charge is 0.238 e. The Morgan fingerprint density at radius 3 is 2.88 bits per heavy atom. The van der Waals surface area contributed by atoms with Crippen molar-refractivity contribution in [3.05, 3.63) is 18.2 Å². The number of amides is 1. The molecule has 7 nitrogen and oxygen atoms in total. The number of carbonyl (C=O) groups is 1. The Morgan fingerprint density at radius 1 is 1.50 bits per heavy atom. The average molecular weight is 366 g/mol. The average Bonchev–Trinajstić information content (AvgIpc) is 2.87. The fourth-order valence-electron chi connectivity index (χ4n) is 2.15. The highest BCUT2D eigenvalue weighted by Crippen LogP contribution is 2.26. The number of nitrogens with zero attached hydrogens (tertiary/aromatic N) is 2. The van der Waals surface area contributed by atoms with Gasteiger partial charge in [0.1, 0.15) is 0 Å². The van der Waals surface area contributed by atoms with Crippen LogP contribution in [0.5, 0.6) is 0 Å². The van der Waals surface area contributed by atoms with E-state index >= 15 is 0 Å². The van der Waals surface area contributed by atoms with Crippen molar-refractivity contribution >= 4 is 38.7 Å². The maximum atomic E-state index is 11.7. The summed E-state index contributed by atoms with van der Waals surface area (Å²) >= 11 is 1.28. The van der Waals surface area contributed by atoms with Crippen LogP contribution in [0.1, 0.15) is 13.3 Å². The number of sulfonamides is 1. The van der Waals surface area contributed by atoms with E-state index < -0.39 is 10.0 Å². The molecule has 3 N–H and O–H groups in total. The molecular weight excluding hydrogens is 348 g/mol. The van der Waals surface area contributed by atoms with Crippen molar-refractivity contribution in [2.75, 3.05) is 12.3 Å². The van der Waals surface area contributed by atoms with E-state index in [4.69, 9.17) is 11.6 Å². The standard InChI is InChI=1S/C15H18N4O3S2/c1-3-7-17-14(20)10-23-15-18-12-9-11(24(16,21)22)5-6-13(12)19(15)8-4-2/h1,5-6,9H,4,7-8,10H2,2H3,(H,17,20)(H2,16,21,22). The molecule has 128 valence electrons. The highest BCUT2D eigenvalue weighted by molar-refractivity contribution is 7.99. The minimum atomic E-state index is -3.79. The van der Waals surface area contributed by atoms with Gasteiger partial charge in [0.15, 0.2) is 5.16 Å². The van der Waals surface area contributed by atoms with Crippen LogP contribution in [0, 0.1) is 12.3 Å². The van der Waals surface area contributed by atoms with Crippen LogP contribution < -0.4 is 10.5 Å². The van der Waals surface area contributed by atoms with Gasteiger partial charge in [-0.1, -0.05) is 24.6 Å². The molecule has 1 heterocycles. The molecule has 2 rings (SSSR count). The Balaban J connectivity index is 2.33. The van der Waals surface area contributed by atoms with E-state index in [0.29, 0.717) is 17.2 Å². The minimum Gasteiger partial charge on any atom is -0.344 e. The zero-order valence-corrected chi connectivity index (χ0v) is 14.8. The highest BCUT2D eigenvalue weighted by Gasteiger charge is 2.15. The normalized spacial score (nSPS) is 11.4. The number of benzene rings is 1. The number of fused-ring (bicyclic) bond motifs is 1. The summed E-state index contributed by atoms with van der Waals surface area (Å²) in [6.45, 7) is 2.92. The van der Waals surface area contributed by atoms with E-state index in [2.05, 4.69) is 16.2 Å². The van der Waals surface area contributed by atoms with Crippen LogP contribution >= 0.6 is 11.8 Å². The second kappa shape index (κ2) is 7.70. The first-order valence-corrected chi connectivity index (χ1v) is 9.76. The topological polar surface area (TPSA) is 107 Å². The van der Waals surface area contributed by atoms with Gasteiger partial charge in [-0.3, -0.25) is 4.79 Å². The Morgan fingerprint density at radius 2 is 2.25 bits per heavy atom. The Bertz CT molecular complexity index is 897. The number of aromatic nitrogens is 2. The summed E-state index contributed by atoms with van der Waals surface area (Å²) in [5.41, 5.74) is 1.33. The van der Waals surface area contributed by atoms with Gasteiger partial charge in [-0.05, 0) is 24.6 Å². The fraction of sp³-hybridized carbons (Fsp3) is 0.333. The first-order valence-electron chi connectivity index (χ1n) is 7.23. The van der Waals surface area contributed by atoms with E-state index in [-0.39, 0.29) is 23.1 Å². The first-order chi connectivity index (χ1) is 11.4. The van der Waals surface area contributed by atoms with Gasteiger partial charge in [-0.25, -0.2) is 18.5 Å². The number of carbonyl (C=O) groups excluding carboxylic acids is 1. The van der Waals surface area contributed by atoms with E-state index in [1.54, 1.807) is 6.07 Å². The van der Waals surface area contributed by atoms with Crippen LogP contribution in [0.15, 0.2) is 28.3 Å². The molecule has 0 spiro atoms. The van der Waals surface area contributed by atoms with Crippen LogP contribution in [0.2, 0.25) is 0 Å². The van der Waals surface area contributed by atoms with E-state index in [1.165, 1.54) is 23.9 Å². The first kappa shape index (κ1) is 18.3. The number of hydrogen-bond acceptors (Lipinski definition) is 5. The lowest BCUT2D eigenvalue weighted by Crippen LogP contribution is -2.25. The minimum absolute atomic E-state index is 0.0134. The quantitative estimate of drug-likeness (QED) is 0.560. The maximum Gasteiger partial charge on any atom is 0.238 e. The molecule has 0 saturated heterocycles. The summed E-state index contributed by atoms with van der Waals surface area (Å²) in [6, 6.07) is 4.58.